The van der Waals surface area contributed by atoms with Crippen molar-refractivity contribution in [2.24, 2.45) is 0 Å². The number of hydrogen-bond donors (Lipinski definition) is 2. The van der Waals surface area contributed by atoms with E-state index < -0.39 is 0 Å². The fourth-order valence-corrected chi connectivity index (χ4v) is 1.82. The zero-order valence-electron chi connectivity index (χ0n) is 12.8. The second-order valence-electron chi connectivity index (χ2n) is 4.65. The van der Waals surface area contributed by atoms with Crippen molar-refractivity contribution in [3.8, 4) is 0 Å². The molecule has 0 saturated heterocycles. The first-order valence-corrected chi connectivity index (χ1v) is 7.24. The van der Waals surface area contributed by atoms with Crippen LogP contribution < -0.4 is 10.6 Å². The highest BCUT2D eigenvalue weighted by atomic mass is 16.5. The molecule has 112 valence electrons. The van der Waals surface area contributed by atoms with Gasteiger partial charge in [0.2, 0.25) is 0 Å². The zero-order valence-corrected chi connectivity index (χ0v) is 12.8. The number of aromatic nitrogens is 1. The van der Waals surface area contributed by atoms with E-state index in [9.17, 15) is 4.79 Å². The molecule has 0 bridgehead atoms. The topological polar surface area (TPSA) is 63.2 Å². The molecule has 1 heterocycles. The van der Waals surface area contributed by atoms with Crippen LogP contribution in [0.25, 0.3) is 0 Å². The van der Waals surface area contributed by atoms with Crippen LogP contribution in [0.5, 0.6) is 0 Å². The van der Waals surface area contributed by atoms with E-state index in [0.29, 0.717) is 18.8 Å². The second kappa shape index (κ2) is 8.53. The van der Waals surface area contributed by atoms with Gasteiger partial charge in [-0.3, -0.25) is 4.79 Å². The van der Waals surface area contributed by atoms with Crippen LogP contribution in [-0.4, -0.2) is 36.7 Å². The molecule has 1 atom stereocenters. The van der Waals surface area contributed by atoms with Gasteiger partial charge in [0.05, 0.1) is 6.61 Å². The van der Waals surface area contributed by atoms with E-state index in [1.54, 1.807) is 6.07 Å². The first-order valence-electron chi connectivity index (χ1n) is 7.24. The Kier molecular flexibility index (Phi) is 7.01. The molecule has 0 aromatic carbocycles. The molecule has 1 aromatic heterocycles. The Morgan fingerprint density at radius 1 is 1.35 bits per heavy atom. The minimum atomic E-state index is -0.0894. The van der Waals surface area contributed by atoms with Crippen LogP contribution >= 0.6 is 0 Å². The summed E-state index contributed by atoms with van der Waals surface area (Å²) in [7, 11) is 0. The Balaban J connectivity index is 2.77. The fourth-order valence-electron chi connectivity index (χ4n) is 1.82. The molecule has 1 unspecified atom stereocenters. The van der Waals surface area contributed by atoms with Crippen molar-refractivity contribution in [3.63, 3.8) is 0 Å². The summed E-state index contributed by atoms with van der Waals surface area (Å²) in [6.45, 7) is 9.85. The number of ether oxygens (including phenoxy) is 1. The van der Waals surface area contributed by atoms with Crippen LogP contribution in [0.1, 0.15) is 43.7 Å². The number of anilines is 1. The summed E-state index contributed by atoms with van der Waals surface area (Å²) in [4.78, 5) is 16.7. The normalized spacial score (nSPS) is 12.0. The number of aryl methyl sites for hydroxylation is 1. The van der Waals surface area contributed by atoms with E-state index in [4.69, 9.17) is 4.74 Å². The van der Waals surface area contributed by atoms with Gasteiger partial charge in [-0.05, 0) is 39.3 Å². The zero-order chi connectivity index (χ0) is 15.0. The van der Waals surface area contributed by atoms with Crippen molar-refractivity contribution in [1.29, 1.82) is 0 Å². The maximum atomic E-state index is 12.2. The van der Waals surface area contributed by atoms with Crippen LogP contribution in [0.3, 0.4) is 0 Å². The third-order valence-corrected chi connectivity index (χ3v) is 2.81. The average molecular weight is 279 g/mol. The average Bonchev–Trinajstić information content (AvgIpc) is 2.45. The first kappa shape index (κ1) is 16.4. The maximum Gasteiger partial charge on any atom is 0.251 e. The molecule has 1 rings (SSSR count). The van der Waals surface area contributed by atoms with Gasteiger partial charge in [-0.1, -0.05) is 6.92 Å². The molecular formula is C15H25N3O2. The van der Waals surface area contributed by atoms with E-state index in [-0.39, 0.29) is 11.9 Å². The highest BCUT2D eigenvalue weighted by Crippen LogP contribution is 2.11. The van der Waals surface area contributed by atoms with Gasteiger partial charge < -0.3 is 15.4 Å². The minimum Gasteiger partial charge on any atom is -0.380 e. The lowest BCUT2D eigenvalue weighted by Crippen LogP contribution is -2.36. The third kappa shape index (κ3) is 5.17. The molecule has 0 saturated carbocycles. The van der Waals surface area contributed by atoms with Gasteiger partial charge in [0.15, 0.2) is 0 Å². The lowest BCUT2D eigenvalue weighted by molar-refractivity contribution is 0.0872. The largest absolute Gasteiger partial charge is 0.380 e. The second-order valence-corrected chi connectivity index (χ2v) is 4.65. The first-order chi connectivity index (χ1) is 9.60. The Morgan fingerprint density at radius 2 is 2.10 bits per heavy atom. The van der Waals surface area contributed by atoms with Crippen molar-refractivity contribution in [2.75, 3.05) is 25.1 Å². The molecule has 2 N–H and O–H groups in total. The predicted molar refractivity (Wildman–Crippen MR) is 81.2 cm³/mol. The van der Waals surface area contributed by atoms with Crippen LogP contribution in [0.2, 0.25) is 0 Å². The van der Waals surface area contributed by atoms with Gasteiger partial charge >= 0.3 is 0 Å². The monoisotopic (exact) mass is 279 g/mol. The number of hydrogen-bond acceptors (Lipinski definition) is 4. The van der Waals surface area contributed by atoms with Gasteiger partial charge in [0.25, 0.3) is 5.91 Å². The Morgan fingerprint density at radius 3 is 2.70 bits per heavy atom. The lowest BCUT2D eigenvalue weighted by Gasteiger charge is -2.14. The molecule has 1 amide bonds. The van der Waals surface area contributed by atoms with Crippen LogP contribution in [0, 0.1) is 0 Å². The lowest BCUT2D eigenvalue weighted by atomic mass is 10.1. The highest BCUT2D eigenvalue weighted by Gasteiger charge is 2.12. The molecule has 0 fully saturated rings. The molecule has 0 aliphatic heterocycles. The smallest absolute Gasteiger partial charge is 0.251 e. The number of rotatable bonds is 8. The maximum absolute atomic E-state index is 12.2. The number of nitrogens with one attached hydrogen (secondary N) is 2. The Labute approximate surface area is 121 Å². The molecule has 20 heavy (non-hydrogen) atoms. The molecule has 5 nitrogen and oxygen atoms in total. The molecular weight excluding hydrogens is 254 g/mol. The van der Waals surface area contributed by atoms with Crippen molar-refractivity contribution in [1.82, 2.24) is 10.3 Å². The van der Waals surface area contributed by atoms with Crippen molar-refractivity contribution in [2.45, 2.75) is 40.2 Å². The summed E-state index contributed by atoms with van der Waals surface area (Å²) in [6, 6.07) is 3.61. The van der Waals surface area contributed by atoms with Crippen LogP contribution in [0.15, 0.2) is 12.1 Å². The fraction of sp³-hybridized carbons (Fsp3) is 0.600. The van der Waals surface area contributed by atoms with E-state index in [1.807, 2.05) is 33.8 Å². The summed E-state index contributed by atoms with van der Waals surface area (Å²) in [5, 5.41) is 6.08. The van der Waals surface area contributed by atoms with E-state index >= 15 is 0 Å². The van der Waals surface area contributed by atoms with Gasteiger partial charge in [-0.25, -0.2) is 4.98 Å². The number of pyridine rings is 1. The van der Waals surface area contributed by atoms with E-state index in [2.05, 4.69) is 15.6 Å². The molecule has 0 aliphatic rings. The van der Waals surface area contributed by atoms with Crippen molar-refractivity contribution < 1.29 is 9.53 Å². The molecule has 0 radical (unpaired) electrons. The summed E-state index contributed by atoms with van der Waals surface area (Å²) >= 11 is 0. The minimum absolute atomic E-state index is 0.0109. The molecule has 1 aromatic rings. The van der Waals surface area contributed by atoms with Gasteiger partial charge in [-0.2, -0.15) is 0 Å². The van der Waals surface area contributed by atoms with E-state index in [1.165, 1.54) is 0 Å². The number of carbonyl (C=O) groups is 1. The Hall–Kier alpha value is -1.62. The Bertz CT molecular complexity index is 435. The summed E-state index contributed by atoms with van der Waals surface area (Å²) in [6.07, 6.45) is 0.800. The van der Waals surface area contributed by atoms with Crippen molar-refractivity contribution in [3.05, 3.63) is 23.4 Å². The summed E-state index contributed by atoms with van der Waals surface area (Å²) in [5.41, 5.74) is 1.54. The number of nitrogens with zero attached hydrogens (tertiary/aromatic N) is 1. The molecule has 5 heteroatoms. The van der Waals surface area contributed by atoms with E-state index in [0.717, 1.165) is 24.5 Å². The molecule has 0 aliphatic carbocycles. The van der Waals surface area contributed by atoms with Gasteiger partial charge in [0, 0.05) is 30.5 Å². The molecule has 0 spiro atoms. The third-order valence-electron chi connectivity index (χ3n) is 2.81. The van der Waals surface area contributed by atoms with Gasteiger partial charge in [0.1, 0.15) is 5.82 Å². The standard InChI is InChI=1S/C15H25N3O2/c1-5-13-8-12(9-14(18-13)16-6-2)15(19)17-11(4)10-20-7-3/h8-9,11H,5-7,10H2,1-4H3,(H,16,18)(H,17,19). The highest BCUT2D eigenvalue weighted by molar-refractivity contribution is 5.95. The summed E-state index contributed by atoms with van der Waals surface area (Å²) in [5.74, 6) is 0.655. The van der Waals surface area contributed by atoms with Crippen molar-refractivity contribution >= 4 is 11.7 Å². The van der Waals surface area contributed by atoms with Crippen LogP contribution in [-0.2, 0) is 11.2 Å². The number of amides is 1. The summed E-state index contributed by atoms with van der Waals surface area (Å²) < 4.78 is 5.30. The van der Waals surface area contributed by atoms with Crippen LogP contribution in [0.4, 0.5) is 5.82 Å². The SMILES string of the molecule is CCNc1cc(C(=O)NC(C)COCC)cc(CC)n1. The van der Waals surface area contributed by atoms with Gasteiger partial charge in [-0.15, -0.1) is 0 Å². The number of carbonyl (C=O) groups excluding carboxylic acids is 1. The predicted octanol–water partition coefficient (Wildman–Crippen LogP) is 2.23. The quantitative estimate of drug-likeness (QED) is 0.766.